The molecule has 0 fully saturated rings. The van der Waals surface area contributed by atoms with Gasteiger partial charge in [0.1, 0.15) is 5.75 Å². The molecule has 0 unspecified atom stereocenters. The lowest BCUT2D eigenvalue weighted by Crippen LogP contribution is -2.37. The predicted octanol–water partition coefficient (Wildman–Crippen LogP) is 3.12. The third-order valence-corrected chi connectivity index (χ3v) is 3.63. The zero-order valence-electron chi connectivity index (χ0n) is 16.5. The number of ether oxygens (including phenoxy) is 3. The van der Waals surface area contributed by atoms with E-state index in [2.05, 4.69) is 40.7 Å². The molecule has 150 valence electrons. The highest BCUT2D eigenvalue weighted by Gasteiger charge is 2.05. The Morgan fingerprint density at radius 3 is 2.62 bits per heavy atom. The summed E-state index contributed by atoms with van der Waals surface area (Å²) in [4.78, 5) is 4.26. The largest absolute Gasteiger partial charge is 0.494 e. The van der Waals surface area contributed by atoms with E-state index in [1.807, 2.05) is 6.92 Å². The summed E-state index contributed by atoms with van der Waals surface area (Å²) in [5.41, 5.74) is 2.32. The Morgan fingerprint density at radius 1 is 1.12 bits per heavy atom. The second kappa shape index (κ2) is 16.1. The number of guanidine groups is 1. The summed E-state index contributed by atoms with van der Waals surface area (Å²) < 4.78 is 16.1. The summed E-state index contributed by atoms with van der Waals surface area (Å²) in [6, 6.07) is 6.26. The van der Waals surface area contributed by atoms with Crippen LogP contribution in [0.25, 0.3) is 0 Å². The minimum atomic E-state index is 0. The Kier molecular flexibility index (Phi) is 15.5. The van der Waals surface area contributed by atoms with Crippen molar-refractivity contribution < 1.29 is 14.2 Å². The molecule has 0 saturated carbocycles. The fourth-order valence-electron chi connectivity index (χ4n) is 2.28. The highest BCUT2D eigenvalue weighted by atomic mass is 127. The molecule has 0 radical (unpaired) electrons. The molecule has 0 aliphatic heterocycles. The smallest absolute Gasteiger partial charge is 0.191 e. The van der Waals surface area contributed by atoms with Gasteiger partial charge in [0.2, 0.25) is 0 Å². The van der Waals surface area contributed by atoms with Gasteiger partial charge in [-0.1, -0.05) is 12.1 Å². The molecule has 7 heteroatoms. The minimum Gasteiger partial charge on any atom is -0.494 e. The van der Waals surface area contributed by atoms with Crippen LogP contribution in [0.15, 0.2) is 23.2 Å². The van der Waals surface area contributed by atoms with Crippen molar-refractivity contribution in [2.45, 2.75) is 33.2 Å². The Morgan fingerprint density at radius 2 is 1.92 bits per heavy atom. The van der Waals surface area contributed by atoms with Crippen LogP contribution in [-0.2, 0) is 16.0 Å². The van der Waals surface area contributed by atoms with Crippen molar-refractivity contribution >= 4 is 29.9 Å². The van der Waals surface area contributed by atoms with Gasteiger partial charge in [0.05, 0.1) is 19.8 Å². The predicted molar refractivity (Wildman–Crippen MR) is 118 cm³/mol. The molecule has 6 nitrogen and oxygen atoms in total. The van der Waals surface area contributed by atoms with Gasteiger partial charge in [-0.25, -0.2) is 0 Å². The molecule has 0 aliphatic rings. The summed E-state index contributed by atoms with van der Waals surface area (Å²) in [5, 5.41) is 6.66. The lowest BCUT2D eigenvalue weighted by atomic mass is 10.1. The average Bonchev–Trinajstić information content (AvgIpc) is 2.61. The minimum absolute atomic E-state index is 0. The van der Waals surface area contributed by atoms with Crippen LogP contribution in [0.3, 0.4) is 0 Å². The number of rotatable bonds is 12. The van der Waals surface area contributed by atoms with Crippen LogP contribution in [-0.4, -0.2) is 53.1 Å². The fourth-order valence-corrected chi connectivity index (χ4v) is 2.28. The number of methoxy groups -OCH3 is 1. The number of nitrogens with one attached hydrogen (secondary N) is 2. The number of unbranched alkanes of at least 4 members (excludes halogenated alkanes) is 1. The van der Waals surface area contributed by atoms with Gasteiger partial charge >= 0.3 is 0 Å². The zero-order chi connectivity index (χ0) is 18.3. The maximum Gasteiger partial charge on any atom is 0.191 e. The van der Waals surface area contributed by atoms with E-state index < -0.39 is 0 Å². The maximum absolute atomic E-state index is 5.71. The SMILES string of the molecule is CCOc1cc(C)ccc1CNC(=NC)NCCCCOCCOC.I. The number of benzene rings is 1. The molecule has 0 aromatic heterocycles. The third kappa shape index (κ3) is 10.8. The van der Waals surface area contributed by atoms with E-state index in [0.29, 0.717) is 26.4 Å². The molecular weight excluding hydrogens is 445 g/mol. The van der Waals surface area contributed by atoms with E-state index in [4.69, 9.17) is 14.2 Å². The zero-order valence-corrected chi connectivity index (χ0v) is 18.8. The number of hydrogen-bond acceptors (Lipinski definition) is 4. The molecule has 1 aromatic carbocycles. The van der Waals surface area contributed by atoms with Crippen LogP contribution >= 0.6 is 24.0 Å². The molecular formula is C19H34IN3O3. The number of aliphatic imine (C=N–C) groups is 1. The normalized spacial score (nSPS) is 11.0. The van der Waals surface area contributed by atoms with Gasteiger partial charge in [0, 0.05) is 39.4 Å². The quantitative estimate of drug-likeness (QED) is 0.209. The Balaban J connectivity index is 0.00000625. The van der Waals surface area contributed by atoms with Crippen LogP contribution in [0.2, 0.25) is 0 Å². The molecule has 0 amide bonds. The summed E-state index contributed by atoms with van der Waals surface area (Å²) in [6.07, 6.45) is 2.04. The van der Waals surface area contributed by atoms with E-state index >= 15 is 0 Å². The molecule has 2 N–H and O–H groups in total. The maximum atomic E-state index is 5.71. The Bertz CT molecular complexity index is 513. The van der Waals surface area contributed by atoms with Crippen LogP contribution in [0.4, 0.5) is 0 Å². The molecule has 0 spiro atoms. The second-order valence-corrected chi connectivity index (χ2v) is 5.71. The molecule has 0 aliphatic carbocycles. The average molecular weight is 479 g/mol. The third-order valence-electron chi connectivity index (χ3n) is 3.63. The van der Waals surface area contributed by atoms with E-state index in [1.165, 1.54) is 5.56 Å². The van der Waals surface area contributed by atoms with Gasteiger partial charge in [-0.3, -0.25) is 4.99 Å². The Labute approximate surface area is 175 Å². The first-order valence-electron chi connectivity index (χ1n) is 8.94. The number of hydrogen-bond donors (Lipinski definition) is 2. The van der Waals surface area contributed by atoms with E-state index in [0.717, 1.165) is 43.3 Å². The van der Waals surface area contributed by atoms with Crippen LogP contribution in [0.5, 0.6) is 5.75 Å². The van der Waals surface area contributed by atoms with Crippen molar-refractivity contribution in [2.75, 3.05) is 47.1 Å². The first-order chi connectivity index (χ1) is 12.2. The highest BCUT2D eigenvalue weighted by molar-refractivity contribution is 14.0. The van der Waals surface area contributed by atoms with Crippen molar-refractivity contribution in [1.29, 1.82) is 0 Å². The van der Waals surface area contributed by atoms with Crippen molar-refractivity contribution in [3.63, 3.8) is 0 Å². The Hall–Kier alpha value is -1.06. The summed E-state index contributed by atoms with van der Waals surface area (Å²) >= 11 is 0. The lowest BCUT2D eigenvalue weighted by Gasteiger charge is -2.15. The second-order valence-electron chi connectivity index (χ2n) is 5.71. The molecule has 0 bridgehead atoms. The van der Waals surface area contributed by atoms with Gasteiger partial charge < -0.3 is 24.8 Å². The molecule has 0 atom stereocenters. The van der Waals surface area contributed by atoms with Gasteiger partial charge in [0.25, 0.3) is 0 Å². The highest BCUT2D eigenvalue weighted by Crippen LogP contribution is 2.20. The van der Waals surface area contributed by atoms with Crippen LogP contribution in [0.1, 0.15) is 30.9 Å². The molecule has 1 aromatic rings. The number of nitrogens with zero attached hydrogens (tertiary/aromatic N) is 1. The topological polar surface area (TPSA) is 64.1 Å². The number of aryl methyl sites for hydroxylation is 1. The lowest BCUT2D eigenvalue weighted by molar-refractivity contribution is 0.0689. The van der Waals surface area contributed by atoms with E-state index in [9.17, 15) is 0 Å². The molecule has 0 saturated heterocycles. The van der Waals surface area contributed by atoms with Crippen molar-refractivity contribution in [3.05, 3.63) is 29.3 Å². The fraction of sp³-hybridized carbons (Fsp3) is 0.632. The van der Waals surface area contributed by atoms with Crippen molar-refractivity contribution in [2.24, 2.45) is 4.99 Å². The van der Waals surface area contributed by atoms with E-state index in [1.54, 1.807) is 14.2 Å². The monoisotopic (exact) mass is 479 g/mol. The van der Waals surface area contributed by atoms with Crippen molar-refractivity contribution in [1.82, 2.24) is 10.6 Å². The van der Waals surface area contributed by atoms with Crippen molar-refractivity contribution in [3.8, 4) is 5.75 Å². The summed E-state index contributed by atoms with van der Waals surface area (Å²) in [6.45, 7) is 8.34. The molecule has 0 heterocycles. The van der Waals surface area contributed by atoms with Gasteiger partial charge in [-0.05, 0) is 38.3 Å². The summed E-state index contributed by atoms with van der Waals surface area (Å²) in [5.74, 6) is 1.72. The van der Waals surface area contributed by atoms with Crippen LogP contribution < -0.4 is 15.4 Å². The first-order valence-corrected chi connectivity index (χ1v) is 8.94. The molecule has 1 rings (SSSR count). The summed E-state index contributed by atoms with van der Waals surface area (Å²) in [7, 11) is 3.46. The van der Waals surface area contributed by atoms with Gasteiger partial charge in [-0.15, -0.1) is 24.0 Å². The van der Waals surface area contributed by atoms with Gasteiger partial charge in [-0.2, -0.15) is 0 Å². The number of halogens is 1. The first kappa shape index (κ1) is 24.9. The van der Waals surface area contributed by atoms with Gasteiger partial charge in [0.15, 0.2) is 5.96 Å². The van der Waals surface area contributed by atoms with Crippen LogP contribution in [0, 0.1) is 6.92 Å². The molecule has 26 heavy (non-hydrogen) atoms. The van der Waals surface area contributed by atoms with E-state index in [-0.39, 0.29) is 24.0 Å². The standard InChI is InChI=1S/C19H33N3O3.HI/c1-5-25-18-14-16(2)8-9-17(18)15-22-19(20-3)21-10-6-7-11-24-13-12-23-4;/h8-9,14H,5-7,10-13,15H2,1-4H3,(H2,20,21,22);1H.